The number of aromatic nitrogens is 2. The Balaban J connectivity index is 1.92. The molecule has 1 N–H and O–H groups in total. The van der Waals surface area contributed by atoms with E-state index in [0.717, 1.165) is 24.3 Å². The van der Waals surface area contributed by atoms with Crippen molar-refractivity contribution < 1.29 is 18.3 Å². The highest BCUT2D eigenvalue weighted by molar-refractivity contribution is 7.90. The summed E-state index contributed by atoms with van der Waals surface area (Å²) in [6, 6.07) is 9.27. The van der Waals surface area contributed by atoms with Crippen molar-refractivity contribution in [1.29, 1.82) is 0 Å². The minimum atomic E-state index is -3.70. The number of benzene rings is 2. The number of rotatable bonds is 4. The minimum Gasteiger partial charge on any atom is -0.478 e. The normalized spacial score (nSPS) is 16.7. The smallest absolute Gasteiger partial charge is 0.337 e. The maximum Gasteiger partial charge on any atom is 0.337 e. The quantitative estimate of drug-likeness (QED) is 0.659. The fraction of sp³-hybridized carbons (Fsp3) is 0.391. The lowest BCUT2D eigenvalue weighted by Gasteiger charge is -2.40. The molecule has 0 aliphatic carbocycles. The lowest BCUT2D eigenvalue weighted by Crippen LogP contribution is -2.41. The van der Waals surface area contributed by atoms with Gasteiger partial charge < -0.3 is 14.6 Å². The van der Waals surface area contributed by atoms with Crippen LogP contribution in [-0.2, 0) is 16.4 Å². The Morgan fingerprint density at radius 1 is 1.13 bits per heavy atom. The standard InChI is InChI=1S/C23H27N3O4S/c1-13(2)21-22-24-18-11-17(23(27)28)20(31(5,29)30)12-19(18)26(22)9-8-25(21)16-7-6-14(3)15(4)10-16/h6-7,10-13,21H,8-9H2,1-5H3,(H,27,28)/t21-/m1/s1. The van der Waals surface area contributed by atoms with Crippen LogP contribution in [0.25, 0.3) is 11.0 Å². The molecule has 0 bridgehead atoms. The first-order chi connectivity index (χ1) is 14.5. The van der Waals surface area contributed by atoms with Gasteiger partial charge in [0.05, 0.1) is 27.5 Å². The first-order valence-electron chi connectivity index (χ1n) is 10.3. The summed E-state index contributed by atoms with van der Waals surface area (Å²) >= 11 is 0. The molecule has 1 aliphatic rings. The van der Waals surface area contributed by atoms with Gasteiger partial charge in [-0.2, -0.15) is 0 Å². The van der Waals surface area contributed by atoms with Gasteiger partial charge in [0.15, 0.2) is 9.84 Å². The molecule has 0 saturated carbocycles. The first kappa shape index (κ1) is 21.4. The van der Waals surface area contributed by atoms with Gasteiger partial charge in [0.25, 0.3) is 0 Å². The van der Waals surface area contributed by atoms with E-state index in [-0.39, 0.29) is 22.4 Å². The SMILES string of the molecule is Cc1ccc(N2CCn3c(nc4cc(C(=O)O)c(S(C)(=O)=O)cc43)[C@H]2C(C)C)cc1C. The van der Waals surface area contributed by atoms with Crippen molar-refractivity contribution >= 4 is 32.5 Å². The van der Waals surface area contributed by atoms with E-state index in [1.54, 1.807) is 0 Å². The molecule has 0 fully saturated rings. The Morgan fingerprint density at radius 3 is 2.42 bits per heavy atom. The summed E-state index contributed by atoms with van der Waals surface area (Å²) in [5, 5.41) is 9.56. The van der Waals surface area contributed by atoms with E-state index in [1.807, 2.05) is 4.57 Å². The maximum absolute atomic E-state index is 12.3. The van der Waals surface area contributed by atoms with Crippen LogP contribution in [-0.4, -0.2) is 41.8 Å². The summed E-state index contributed by atoms with van der Waals surface area (Å²) in [5.41, 5.74) is 4.52. The van der Waals surface area contributed by atoms with E-state index in [4.69, 9.17) is 4.98 Å². The molecule has 0 spiro atoms. The topological polar surface area (TPSA) is 92.5 Å². The van der Waals surface area contributed by atoms with E-state index in [0.29, 0.717) is 17.6 Å². The van der Waals surface area contributed by atoms with Crippen LogP contribution in [0.4, 0.5) is 5.69 Å². The van der Waals surface area contributed by atoms with E-state index in [2.05, 4.69) is 50.8 Å². The summed E-state index contributed by atoms with van der Waals surface area (Å²) in [4.78, 5) is 18.7. The van der Waals surface area contributed by atoms with Crippen molar-refractivity contribution in [1.82, 2.24) is 9.55 Å². The molecule has 3 aromatic rings. The molecule has 0 saturated heterocycles. The number of aryl methyl sites for hydroxylation is 2. The van der Waals surface area contributed by atoms with Crippen LogP contribution >= 0.6 is 0 Å². The van der Waals surface area contributed by atoms with Gasteiger partial charge in [-0.05, 0) is 55.2 Å². The highest BCUT2D eigenvalue weighted by atomic mass is 32.2. The van der Waals surface area contributed by atoms with Crippen LogP contribution in [0.15, 0.2) is 35.2 Å². The third-order valence-electron chi connectivity index (χ3n) is 6.13. The van der Waals surface area contributed by atoms with E-state index >= 15 is 0 Å². The minimum absolute atomic E-state index is 0.0155. The number of carbonyl (C=O) groups is 1. The second-order valence-corrected chi connectivity index (χ2v) is 10.7. The molecule has 1 aliphatic heterocycles. The molecule has 2 heterocycles. The van der Waals surface area contributed by atoms with Crippen molar-refractivity contribution in [3.63, 3.8) is 0 Å². The predicted octanol–water partition coefficient (Wildman–Crippen LogP) is 3.97. The fourth-order valence-electron chi connectivity index (χ4n) is 4.44. The molecular weight excluding hydrogens is 414 g/mol. The molecule has 1 aromatic heterocycles. The van der Waals surface area contributed by atoms with Gasteiger partial charge in [-0.25, -0.2) is 18.2 Å². The van der Waals surface area contributed by atoms with Crippen LogP contribution in [0.3, 0.4) is 0 Å². The summed E-state index contributed by atoms with van der Waals surface area (Å²) in [7, 11) is -3.70. The Labute approximate surface area is 182 Å². The van der Waals surface area contributed by atoms with Gasteiger partial charge in [0.2, 0.25) is 0 Å². The molecule has 1 atom stereocenters. The van der Waals surface area contributed by atoms with Crippen LogP contribution in [0.2, 0.25) is 0 Å². The molecule has 7 nitrogen and oxygen atoms in total. The lowest BCUT2D eigenvalue weighted by atomic mass is 9.98. The number of anilines is 1. The summed E-state index contributed by atoms with van der Waals surface area (Å²) in [6.07, 6.45) is 1.03. The molecular formula is C23H27N3O4S. The number of hydrogen-bond donors (Lipinski definition) is 1. The molecule has 0 unspecified atom stereocenters. The lowest BCUT2D eigenvalue weighted by molar-refractivity contribution is 0.0693. The molecule has 164 valence electrons. The number of sulfone groups is 1. The van der Waals surface area contributed by atoms with Crippen molar-refractivity contribution in [2.24, 2.45) is 5.92 Å². The molecule has 0 amide bonds. The zero-order chi connectivity index (χ0) is 22.7. The summed E-state index contributed by atoms with van der Waals surface area (Å²) in [5.74, 6) is -0.201. The second-order valence-electron chi connectivity index (χ2n) is 8.69. The van der Waals surface area contributed by atoms with Crippen LogP contribution < -0.4 is 4.90 Å². The van der Waals surface area contributed by atoms with Gasteiger partial charge >= 0.3 is 5.97 Å². The van der Waals surface area contributed by atoms with Gasteiger partial charge in [0.1, 0.15) is 5.82 Å². The Bertz CT molecular complexity index is 1310. The highest BCUT2D eigenvalue weighted by Crippen LogP contribution is 2.38. The van der Waals surface area contributed by atoms with Gasteiger partial charge in [-0.15, -0.1) is 0 Å². The van der Waals surface area contributed by atoms with Crippen LogP contribution in [0.5, 0.6) is 0 Å². The molecule has 8 heteroatoms. The number of imidazole rings is 1. The zero-order valence-corrected chi connectivity index (χ0v) is 19.2. The Morgan fingerprint density at radius 2 is 1.84 bits per heavy atom. The van der Waals surface area contributed by atoms with Crippen molar-refractivity contribution in [2.45, 2.75) is 45.2 Å². The van der Waals surface area contributed by atoms with Crippen molar-refractivity contribution in [3.8, 4) is 0 Å². The van der Waals surface area contributed by atoms with Crippen molar-refractivity contribution in [2.75, 3.05) is 17.7 Å². The first-order valence-corrected chi connectivity index (χ1v) is 12.2. The molecule has 31 heavy (non-hydrogen) atoms. The fourth-order valence-corrected chi connectivity index (χ4v) is 5.31. The zero-order valence-electron chi connectivity index (χ0n) is 18.4. The van der Waals surface area contributed by atoms with E-state index in [1.165, 1.54) is 23.3 Å². The Kier molecular flexibility index (Phi) is 5.08. The predicted molar refractivity (Wildman–Crippen MR) is 121 cm³/mol. The monoisotopic (exact) mass is 441 g/mol. The summed E-state index contributed by atoms with van der Waals surface area (Å²) < 4.78 is 26.6. The van der Waals surface area contributed by atoms with Crippen LogP contribution in [0, 0.1) is 19.8 Å². The van der Waals surface area contributed by atoms with Gasteiger partial charge in [-0.3, -0.25) is 0 Å². The number of carboxylic acids is 1. The number of aromatic carboxylic acids is 1. The third kappa shape index (κ3) is 3.59. The Hall–Kier alpha value is -2.87. The maximum atomic E-state index is 12.3. The number of hydrogen-bond acceptors (Lipinski definition) is 5. The third-order valence-corrected chi connectivity index (χ3v) is 7.26. The number of nitrogens with zero attached hydrogens (tertiary/aromatic N) is 3. The molecule has 4 rings (SSSR count). The van der Waals surface area contributed by atoms with Gasteiger partial charge in [-0.1, -0.05) is 19.9 Å². The molecule has 0 radical (unpaired) electrons. The van der Waals surface area contributed by atoms with Gasteiger partial charge in [0, 0.05) is 25.0 Å². The number of fused-ring (bicyclic) bond motifs is 3. The van der Waals surface area contributed by atoms with Crippen molar-refractivity contribution in [3.05, 3.63) is 52.8 Å². The van der Waals surface area contributed by atoms with Crippen LogP contribution in [0.1, 0.15) is 47.2 Å². The average molecular weight is 442 g/mol. The number of carboxylic acid groups (broad SMARTS) is 1. The molecule has 2 aromatic carbocycles. The van der Waals surface area contributed by atoms with E-state index in [9.17, 15) is 18.3 Å². The second kappa shape index (κ2) is 7.37. The van der Waals surface area contributed by atoms with E-state index < -0.39 is 15.8 Å². The summed E-state index contributed by atoms with van der Waals surface area (Å²) in [6.45, 7) is 9.85. The highest BCUT2D eigenvalue weighted by Gasteiger charge is 2.34. The average Bonchev–Trinajstić information content (AvgIpc) is 3.05. The largest absolute Gasteiger partial charge is 0.478 e.